The van der Waals surface area contributed by atoms with E-state index in [9.17, 15) is 14.4 Å². The quantitative estimate of drug-likeness (QED) is 0.802. The smallest absolute Gasteiger partial charge is 0.242 e. The molecule has 2 aliphatic heterocycles. The van der Waals surface area contributed by atoms with E-state index in [1.54, 1.807) is 9.80 Å². The average molecular weight is 387 g/mol. The summed E-state index contributed by atoms with van der Waals surface area (Å²) < 4.78 is 6.07. The van der Waals surface area contributed by atoms with Crippen LogP contribution in [-0.2, 0) is 14.4 Å². The van der Waals surface area contributed by atoms with Crippen molar-refractivity contribution >= 4 is 17.7 Å². The molecule has 1 aromatic rings. The summed E-state index contributed by atoms with van der Waals surface area (Å²) in [7, 11) is 0. The Kier molecular flexibility index (Phi) is 6.90. The van der Waals surface area contributed by atoms with Crippen molar-refractivity contribution in [2.24, 2.45) is 11.7 Å². The summed E-state index contributed by atoms with van der Waals surface area (Å²) in [6, 6.07) is 9.47. The van der Waals surface area contributed by atoms with Crippen LogP contribution in [0.4, 0.5) is 0 Å². The molecule has 0 saturated carbocycles. The Hall–Kier alpha value is -2.57. The number of para-hydroxylation sites is 1. The number of nitrogens with two attached hydrogens (primary N) is 1. The molecule has 0 radical (unpaired) electrons. The van der Waals surface area contributed by atoms with Crippen molar-refractivity contribution in [2.75, 3.05) is 26.2 Å². The minimum Gasteiger partial charge on any atom is -0.490 e. The highest BCUT2D eigenvalue weighted by molar-refractivity contribution is 5.85. The fourth-order valence-electron chi connectivity index (χ4n) is 3.99. The van der Waals surface area contributed by atoms with Gasteiger partial charge in [-0.2, -0.15) is 0 Å². The van der Waals surface area contributed by atoms with Gasteiger partial charge in [0.1, 0.15) is 11.9 Å². The van der Waals surface area contributed by atoms with E-state index in [1.165, 1.54) is 0 Å². The summed E-state index contributed by atoms with van der Waals surface area (Å²) in [6.45, 7) is 1.73. The van der Waals surface area contributed by atoms with Gasteiger partial charge in [-0.05, 0) is 25.0 Å². The number of nitrogens with zero attached hydrogens (tertiary/aromatic N) is 2. The van der Waals surface area contributed by atoms with Crippen molar-refractivity contribution in [1.82, 2.24) is 9.80 Å². The normalized spacial score (nSPS) is 23.2. The van der Waals surface area contributed by atoms with Crippen LogP contribution in [0.3, 0.4) is 0 Å². The summed E-state index contributed by atoms with van der Waals surface area (Å²) in [5.41, 5.74) is 5.43. The van der Waals surface area contributed by atoms with Crippen molar-refractivity contribution in [2.45, 2.75) is 44.6 Å². The molecule has 2 N–H and O–H groups in total. The van der Waals surface area contributed by atoms with Crippen LogP contribution < -0.4 is 10.5 Å². The first kappa shape index (κ1) is 20.2. The number of hydrogen-bond donors (Lipinski definition) is 1. The monoisotopic (exact) mass is 387 g/mol. The number of carbonyl (C=O) groups is 3. The van der Waals surface area contributed by atoms with Gasteiger partial charge in [0.15, 0.2) is 0 Å². The Bertz CT molecular complexity index is 694. The zero-order chi connectivity index (χ0) is 19.9. The minimum atomic E-state index is -0.399. The van der Waals surface area contributed by atoms with Crippen molar-refractivity contribution in [3.05, 3.63) is 30.3 Å². The van der Waals surface area contributed by atoms with Gasteiger partial charge in [-0.1, -0.05) is 24.6 Å². The molecule has 0 aliphatic carbocycles. The van der Waals surface area contributed by atoms with Crippen molar-refractivity contribution < 1.29 is 19.1 Å². The summed E-state index contributed by atoms with van der Waals surface area (Å²) in [4.78, 5) is 39.9. The molecule has 2 atom stereocenters. The highest BCUT2D eigenvalue weighted by atomic mass is 16.5. The molecule has 0 spiro atoms. The molecule has 2 saturated heterocycles. The Morgan fingerprint density at radius 1 is 1.11 bits per heavy atom. The van der Waals surface area contributed by atoms with E-state index in [-0.39, 0.29) is 36.8 Å². The molecule has 152 valence electrons. The standard InChI is InChI=1S/C21H29N3O4/c22-19(25)13-16-14-24(12-10-18(16)28-17-7-3-1-4-8-17)21(27)15-23-11-6-2-5-9-20(23)26/h1,3-4,7-8,16,18H,2,5-6,9-15H2,(H2,22,25)/t16-,18-/m0/s1. The number of carbonyl (C=O) groups excluding carboxylic acids is 3. The molecule has 7 nitrogen and oxygen atoms in total. The number of hydrogen-bond acceptors (Lipinski definition) is 4. The van der Waals surface area contributed by atoms with Gasteiger partial charge in [0, 0.05) is 44.8 Å². The molecule has 0 bridgehead atoms. The number of piperidine rings is 1. The van der Waals surface area contributed by atoms with Crippen LogP contribution >= 0.6 is 0 Å². The largest absolute Gasteiger partial charge is 0.490 e. The third kappa shape index (κ3) is 5.47. The Balaban J connectivity index is 1.61. The topological polar surface area (TPSA) is 92.9 Å². The van der Waals surface area contributed by atoms with Gasteiger partial charge in [0.2, 0.25) is 17.7 Å². The maximum Gasteiger partial charge on any atom is 0.242 e. The third-order valence-corrected chi connectivity index (χ3v) is 5.51. The van der Waals surface area contributed by atoms with Gasteiger partial charge in [-0.25, -0.2) is 0 Å². The maximum absolute atomic E-state index is 12.8. The van der Waals surface area contributed by atoms with Crippen LogP contribution in [0.5, 0.6) is 5.75 Å². The van der Waals surface area contributed by atoms with E-state index in [1.807, 2.05) is 30.3 Å². The van der Waals surface area contributed by atoms with Gasteiger partial charge >= 0.3 is 0 Å². The average Bonchev–Trinajstić information content (AvgIpc) is 2.88. The molecule has 7 heteroatoms. The Morgan fingerprint density at radius 2 is 1.89 bits per heavy atom. The van der Waals surface area contributed by atoms with Crippen molar-refractivity contribution in [1.29, 1.82) is 0 Å². The summed E-state index contributed by atoms with van der Waals surface area (Å²) in [6.07, 6.45) is 4.02. The lowest BCUT2D eigenvalue weighted by Crippen LogP contribution is -2.51. The van der Waals surface area contributed by atoms with E-state index in [2.05, 4.69) is 0 Å². The van der Waals surface area contributed by atoms with E-state index in [0.717, 1.165) is 25.0 Å². The zero-order valence-corrected chi connectivity index (χ0v) is 16.2. The number of likely N-dealkylation sites (tertiary alicyclic amines) is 2. The van der Waals surface area contributed by atoms with E-state index in [0.29, 0.717) is 32.5 Å². The lowest BCUT2D eigenvalue weighted by atomic mass is 9.91. The minimum absolute atomic E-state index is 0.0573. The molecule has 2 fully saturated rings. The van der Waals surface area contributed by atoms with E-state index >= 15 is 0 Å². The Labute approximate surface area is 165 Å². The number of rotatable bonds is 6. The predicted octanol–water partition coefficient (Wildman–Crippen LogP) is 1.56. The van der Waals surface area contributed by atoms with Crippen LogP contribution in [0, 0.1) is 5.92 Å². The lowest BCUT2D eigenvalue weighted by molar-refractivity contribution is -0.142. The number of benzene rings is 1. The molecular weight excluding hydrogens is 358 g/mol. The zero-order valence-electron chi connectivity index (χ0n) is 16.2. The van der Waals surface area contributed by atoms with Gasteiger partial charge in [0.05, 0.1) is 6.54 Å². The van der Waals surface area contributed by atoms with E-state index in [4.69, 9.17) is 10.5 Å². The molecule has 28 heavy (non-hydrogen) atoms. The molecule has 2 heterocycles. The molecule has 3 amide bonds. The first-order chi connectivity index (χ1) is 13.5. The molecule has 2 aliphatic rings. The molecule has 0 unspecified atom stereocenters. The molecular formula is C21H29N3O4. The van der Waals surface area contributed by atoms with Crippen molar-refractivity contribution in [3.63, 3.8) is 0 Å². The van der Waals surface area contributed by atoms with Gasteiger partial charge in [0.25, 0.3) is 0 Å². The number of primary amides is 1. The fourth-order valence-corrected chi connectivity index (χ4v) is 3.99. The summed E-state index contributed by atoms with van der Waals surface area (Å²) in [5, 5.41) is 0. The maximum atomic E-state index is 12.8. The highest BCUT2D eigenvalue weighted by Gasteiger charge is 2.34. The van der Waals surface area contributed by atoms with E-state index < -0.39 is 5.91 Å². The first-order valence-corrected chi connectivity index (χ1v) is 10.1. The molecule has 1 aromatic carbocycles. The van der Waals surface area contributed by atoms with Crippen molar-refractivity contribution in [3.8, 4) is 5.75 Å². The molecule has 0 aromatic heterocycles. The molecule has 3 rings (SSSR count). The Morgan fingerprint density at radius 3 is 2.64 bits per heavy atom. The van der Waals surface area contributed by atoms with Crippen LogP contribution in [0.15, 0.2) is 30.3 Å². The van der Waals surface area contributed by atoms with Gasteiger partial charge in [-0.15, -0.1) is 0 Å². The van der Waals surface area contributed by atoms with Crippen LogP contribution in [-0.4, -0.2) is 59.8 Å². The second-order valence-electron chi connectivity index (χ2n) is 7.65. The first-order valence-electron chi connectivity index (χ1n) is 10.1. The van der Waals surface area contributed by atoms with Crippen LogP contribution in [0.1, 0.15) is 38.5 Å². The predicted molar refractivity (Wildman–Crippen MR) is 104 cm³/mol. The second kappa shape index (κ2) is 9.57. The van der Waals surface area contributed by atoms with Crippen LogP contribution in [0.2, 0.25) is 0 Å². The second-order valence-corrected chi connectivity index (χ2v) is 7.65. The van der Waals surface area contributed by atoms with Gasteiger partial charge < -0.3 is 20.3 Å². The lowest BCUT2D eigenvalue weighted by Gasteiger charge is -2.39. The highest BCUT2D eigenvalue weighted by Crippen LogP contribution is 2.26. The summed E-state index contributed by atoms with van der Waals surface area (Å²) in [5.74, 6) is 0.181. The van der Waals surface area contributed by atoms with Gasteiger partial charge in [-0.3, -0.25) is 14.4 Å². The number of amides is 3. The fraction of sp³-hybridized carbons (Fsp3) is 0.571. The summed E-state index contributed by atoms with van der Waals surface area (Å²) >= 11 is 0. The number of ether oxygens (including phenoxy) is 1. The third-order valence-electron chi connectivity index (χ3n) is 5.51. The SMILES string of the molecule is NC(=O)C[C@H]1CN(C(=O)CN2CCCCCC2=O)CC[C@@H]1Oc1ccccc1. The van der Waals surface area contributed by atoms with Crippen LogP contribution in [0.25, 0.3) is 0 Å².